The van der Waals surface area contributed by atoms with Crippen LogP contribution in [0, 0.1) is 5.92 Å². The number of aliphatic hydroxyl groups is 1. The Morgan fingerprint density at radius 3 is 2.87 bits per heavy atom. The highest BCUT2D eigenvalue weighted by molar-refractivity contribution is 7.89. The molecule has 0 aromatic rings. The molecule has 90 valence electrons. The van der Waals surface area contributed by atoms with Gasteiger partial charge in [0.2, 0.25) is 10.0 Å². The van der Waals surface area contributed by atoms with Gasteiger partial charge in [-0.3, -0.25) is 0 Å². The third kappa shape index (κ3) is 5.46. The van der Waals surface area contributed by atoms with Gasteiger partial charge in [0.15, 0.2) is 0 Å². The standard InChI is InChI=1S/C9H19NO4S/c11-4-2-6-15(12,13)10-7-9-3-1-5-14-8-9/h9-11H,1-8H2. The molecule has 1 aliphatic heterocycles. The van der Waals surface area contributed by atoms with Crippen LogP contribution in [0.3, 0.4) is 0 Å². The van der Waals surface area contributed by atoms with Crippen LogP contribution in [0.1, 0.15) is 19.3 Å². The third-order valence-corrected chi connectivity index (χ3v) is 3.85. The van der Waals surface area contributed by atoms with E-state index in [1.54, 1.807) is 0 Å². The van der Waals surface area contributed by atoms with Gasteiger partial charge in [-0.25, -0.2) is 13.1 Å². The number of hydrogen-bond acceptors (Lipinski definition) is 4. The van der Waals surface area contributed by atoms with Crippen molar-refractivity contribution in [3.63, 3.8) is 0 Å². The van der Waals surface area contributed by atoms with Crippen molar-refractivity contribution in [1.29, 1.82) is 0 Å². The molecule has 0 aromatic heterocycles. The third-order valence-electron chi connectivity index (χ3n) is 2.42. The van der Waals surface area contributed by atoms with Gasteiger partial charge >= 0.3 is 0 Å². The van der Waals surface area contributed by atoms with Crippen LogP contribution in [-0.4, -0.2) is 45.6 Å². The van der Waals surface area contributed by atoms with Crippen molar-refractivity contribution in [2.75, 3.05) is 32.1 Å². The van der Waals surface area contributed by atoms with Crippen molar-refractivity contribution in [2.45, 2.75) is 19.3 Å². The lowest BCUT2D eigenvalue weighted by atomic mass is 10.0. The van der Waals surface area contributed by atoms with Gasteiger partial charge in [-0.1, -0.05) is 0 Å². The van der Waals surface area contributed by atoms with Crippen LogP contribution in [0.2, 0.25) is 0 Å². The molecule has 0 aromatic carbocycles. The molecule has 0 aliphatic carbocycles. The highest BCUT2D eigenvalue weighted by atomic mass is 32.2. The zero-order chi connectivity index (χ0) is 11.1. The second-order valence-corrected chi connectivity index (χ2v) is 5.75. The van der Waals surface area contributed by atoms with Crippen molar-refractivity contribution in [2.24, 2.45) is 5.92 Å². The van der Waals surface area contributed by atoms with E-state index >= 15 is 0 Å². The van der Waals surface area contributed by atoms with E-state index in [1.807, 2.05) is 0 Å². The van der Waals surface area contributed by atoms with Crippen LogP contribution in [0.5, 0.6) is 0 Å². The Hall–Kier alpha value is -0.170. The van der Waals surface area contributed by atoms with E-state index in [4.69, 9.17) is 9.84 Å². The highest BCUT2D eigenvalue weighted by Gasteiger charge is 2.17. The van der Waals surface area contributed by atoms with E-state index in [0.717, 1.165) is 19.4 Å². The number of ether oxygens (including phenoxy) is 1. The molecular weight excluding hydrogens is 218 g/mol. The van der Waals surface area contributed by atoms with Gasteiger partial charge in [0.25, 0.3) is 0 Å². The second-order valence-electron chi connectivity index (χ2n) is 3.83. The van der Waals surface area contributed by atoms with E-state index in [1.165, 1.54) is 0 Å². The number of hydrogen-bond donors (Lipinski definition) is 2. The lowest BCUT2D eigenvalue weighted by Gasteiger charge is -2.22. The van der Waals surface area contributed by atoms with Crippen LogP contribution in [0.25, 0.3) is 0 Å². The van der Waals surface area contributed by atoms with Crippen molar-refractivity contribution >= 4 is 10.0 Å². The minimum Gasteiger partial charge on any atom is -0.396 e. The molecule has 0 amide bonds. The first kappa shape index (κ1) is 12.9. The Labute approximate surface area is 90.9 Å². The highest BCUT2D eigenvalue weighted by Crippen LogP contribution is 2.12. The summed E-state index contributed by atoms with van der Waals surface area (Å²) in [5.74, 6) is 0.291. The average Bonchev–Trinajstić information content (AvgIpc) is 2.25. The predicted octanol–water partition coefficient (Wildman–Crippen LogP) is -0.285. The largest absolute Gasteiger partial charge is 0.396 e. The summed E-state index contributed by atoms with van der Waals surface area (Å²) in [6.07, 6.45) is 2.31. The minimum atomic E-state index is -3.21. The van der Waals surface area contributed by atoms with Crippen LogP contribution in [0.4, 0.5) is 0 Å². The Bertz CT molecular complexity index is 259. The zero-order valence-corrected chi connectivity index (χ0v) is 9.63. The van der Waals surface area contributed by atoms with E-state index in [0.29, 0.717) is 19.1 Å². The van der Waals surface area contributed by atoms with Gasteiger partial charge in [-0.15, -0.1) is 0 Å². The quantitative estimate of drug-likeness (QED) is 0.666. The Morgan fingerprint density at radius 1 is 1.47 bits per heavy atom. The first-order valence-electron chi connectivity index (χ1n) is 5.30. The maximum atomic E-state index is 11.4. The molecule has 0 bridgehead atoms. The van der Waals surface area contributed by atoms with Crippen LogP contribution in [0.15, 0.2) is 0 Å². The molecule has 2 N–H and O–H groups in total. The van der Waals surface area contributed by atoms with Gasteiger partial charge in [0.05, 0.1) is 12.4 Å². The molecule has 1 aliphatic rings. The molecule has 1 atom stereocenters. The zero-order valence-electron chi connectivity index (χ0n) is 8.81. The summed E-state index contributed by atoms with van der Waals surface area (Å²) in [6, 6.07) is 0. The van der Waals surface area contributed by atoms with E-state index < -0.39 is 10.0 Å². The fourth-order valence-corrected chi connectivity index (χ4v) is 2.68. The number of nitrogens with one attached hydrogen (secondary N) is 1. The molecule has 1 saturated heterocycles. The van der Waals surface area contributed by atoms with Gasteiger partial charge in [0.1, 0.15) is 0 Å². The monoisotopic (exact) mass is 237 g/mol. The van der Waals surface area contributed by atoms with Gasteiger partial charge in [-0.2, -0.15) is 0 Å². The molecule has 5 nitrogen and oxygen atoms in total. The Kier molecular flexibility index (Phi) is 5.52. The number of rotatable bonds is 6. The summed E-state index contributed by atoms with van der Waals surface area (Å²) < 4.78 is 30.5. The van der Waals surface area contributed by atoms with Crippen LogP contribution < -0.4 is 4.72 Å². The topological polar surface area (TPSA) is 75.6 Å². The lowest BCUT2D eigenvalue weighted by Crippen LogP contribution is -2.34. The van der Waals surface area contributed by atoms with Gasteiger partial charge in [0, 0.05) is 19.8 Å². The molecule has 6 heteroatoms. The van der Waals surface area contributed by atoms with Crippen molar-refractivity contribution in [1.82, 2.24) is 4.72 Å². The Balaban J connectivity index is 2.22. The normalized spacial score (nSPS) is 22.9. The van der Waals surface area contributed by atoms with Crippen LogP contribution >= 0.6 is 0 Å². The van der Waals surface area contributed by atoms with E-state index in [9.17, 15) is 8.42 Å². The van der Waals surface area contributed by atoms with Gasteiger partial charge < -0.3 is 9.84 Å². The molecule has 1 unspecified atom stereocenters. The number of sulfonamides is 1. The first-order chi connectivity index (χ1) is 7.14. The molecule has 0 saturated carbocycles. The fourth-order valence-electron chi connectivity index (χ4n) is 1.54. The van der Waals surface area contributed by atoms with Crippen molar-refractivity contribution < 1.29 is 18.3 Å². The predicted molar refractivity (Wildman–Crippen MR) is 57.0 cm³/mol. The Morgan fingerprint density at radius 2 is 2.27 bits per heavy atom. The summed E-state index contributed by atoms with van der Waals surface area (Å²) in [5, 5.41) is 8.53. The molecule has 1 rings (SSSR count). The molecule has 15 heavy (non-hydrogen) atoms. The fraction of sp³-hybridized carbons (Fsp3) is 1.00. The second kappa shape index (κ2) is 6.42. The van der Waals surface area contributed by atoms with Gasteiger partial charge in [-0.05, 0) is 25.2 Å². The average molecular weight is 237 g/mol. The molecule has 0 spiro atoms. The summed E-state index contributed by atoms with van der Waals surface area (Å²) in [5.41, 5.74) is 0. The SMILES string of the molecule is O=S(=O)(CCCO)NCC1CCCOC1. The molecule has 0 radical (unpaired) electrons. The summed E-state index contributed by atoms with van der Waals surface area (Å²) >= 11 is 0. The van der Waals surface area contributed by atoms with E-state index in [2.05, 4.69) is 4.72 Å². The smallest absolute Gasteiger partial charge is 0.211 e. The lowest BCUT2D eigenvalue weighted by molar-refractivity contribution is 0.0568. The molecular formula is C9H19NO4S. The summed E-state index contributed by atoms with van der Waals surface area (Å²) in [4.78, 5) is 0. The maximum Gasteiger partial charge on any atom is 0.211 e. The van der Waals surface area contributed by atoms with Crippen molar-refractivity contribution in [3.8, 4) is 0 Å². The number of aliphatic hydroxyl groups excluding tert-OH is 1. The minimum absolute atomic E-state index is 0.00290. The summed E-state index contributed by atoms with van der Waals surface area (Å²) in [6.45, 7) is 1.79. The van der Waals surface area contributed by atoms with Crippen LogP contribution in [-0.2, 0) is 14.8 Å². The summed E-state index contributed by atoms with van der Waals surface area (Å²) in [7, 11) is -3.21. The molecule has 1 heterocycles. The maximum absolute atomic E-state index is 11.4. The van der Waals surface area contributed by atoms with E-state index in [-0.39, 0.29) is 18.8 Å². The molecule has 1 fully saturated rings. The van der Waals surface area contributed by atoms with Crippen molar-refractivity contribution in [3.05, 3.63) is 0 Å². The first-order valence-corrected chi connectivity index (χ1v) is 6.95.